The zero-order valence-electron chi connectivity index (χ0n) is 18.7. The number of alkyl halides is 3. The molecule has 5 heterocycles. The minimum Gasteiger partial charge on any atom is -0.355 e. The van der Waals surface area contributed by atoms with Crippen LogP contribution in [0.5, 0.6) is 0 Å². The Morgan fingerprint density at radius 1 is 1.18 bits per heavy atom. The maximum atomic E-state index is 13.6. The van der Waals surface area contributed by atoms with Crippen LogP contribution in [0.2, 0.25) is 0 Å². The van der Waals surface area contributed by atoms with Crippen LogP contribution in [0, 0.1) is 0 Å². The molecule has 0 aliphatic carbocycles. The Bertz CT molecular complexity index is 1190. The van der Waals surface area contributed by atoms with E-state index in [-0.39, 0.29) is 11.7 Å². The topological polar surface area (TPSA) is 69.2 Å². The van der Waals surface area contributed by atoms with Gasteiger partial charge in [-0.15, -0.1) is 0 Å². The molecule has 0 atom stereocenters. The minimum absolute atomic E-state index is 0.0365. The molecule has 0 bridgehead atoms. The first kappa shape index (κ1) is 22.6. The summed E-state index contributed by atoms with van der Waals surface area (Å²) in [5, 5.41) is 3.44. The zero-order chi connectivity index (χ0) is 23.9. The van der Waals surface area contributed by atoms with Crippen LogP contribution >= 0.6 is 12.1 Å². The summed E-state index contributed by atoms with van der Waals surface area (Å²) in [5.74, 6) is 1.49. The summed E-state index contributed by atoms with van der Waals surface area (Å²) in [5.41, 5.74) is 2.98. The monoisotopic (exact) mass is 487 g/mol. The summed E-state index contributed by atoms with van der Waals surface area (Å²) in [4.78, 5) is 15.4. The molecule has 3 aliphatic heterocycles. The van der Waals surface area contributed by atoms with E-state index in [0.29, 0.717) is 37.6 Å². The highest BCUT2D eigenvalue weighted by Gasteiger charge is 2.36. The highest BCUT2D eigenvalue weighted by Crippen LogP contribution is 2.36. The molecule has 7 nitrogen and oxygen atoms in total. The zero-order valence-corrected chi connectivity index (χ0v) is 19.5. The third-order valence-corrected chi connectivity index (χ3v) is 6.59. The van der Waals surface area contributed by atoms with Crippen molar-refractivity contribution in [2.24, 2.45) is 0 Å². The van der Waals surface area contributed by atoms with Gasteiger partial charge in [0.15, 0.2) is 0 Å². The third kappa shape index (κ3) is 4.44. The lowest BCUT2D eigenvalue weighted by atomic mass is 10.1. The molecule has 2 aromatic heterocycles. The number of pyridine rings is 1. The van der Waals surface area contributed by atoms with E-state index in [1.165, 1.54) is 24.4 Å². The molecular weight excluding hydrogens is 463 g/mol. The first-order valence-electron chi connectivity index (χ1n) is 11.1. The van der Waals surface area contributed by atoms with E-state index in [1.807, 2.05) is 42.7 Å². The summed E-state index contributed by atoms with van der Waals surface area (Å²) in [6.07, 6.45) is 5.82. The first-order valence-corrected chi connectivity index (χ1v) is 11.8. The molecule has 0 saturated heterocycles. The van der Waals surface area contributed by atoms with Gasteiger partial charge in [-0.2, -0.15) is 13.2 Å². The number of nitrogens with zero attached hydrogens (tertiary/aromatic N) is 5. The van der Waals surface area contributed by atoms with Crippen LogP contribution in [0.15, 0.2) is 54.3 Å². The largest absolute Gasteiger partial charge is 0.419 e. The number of rotatable bonds is 4. The fraction of sp³-hybridized carbons (Fsp3) is 0.348. The van der Waals surface area contributed by atoms with E-state index < -0.39 is 11.7 Å². The van der Waals surface area contributed by atoms with Crippen LogP contribution in [0.3, 0.4) is 0 Å². The maximum absolute atomic E-state index is 13.6. The van der Waals surface area contributed by atoms with E-state index in [9.17, 15) is 13.2 Å². The van der Waals surface area contributed by atoms with Crippen LogP contribution in [0.1, 0.15) is 42.4 Å². The number of anilines is 2. The van der Waals surface area contributed by atoms with E-state index in [1.54, 1.807) is 4.90 Å². The average Bonchev–Trinajstić information content (AvgIpc) is 3.16. The molecule has 0 spiro atoms. The number of halogens is 3. The molecule has 0 aromatic carbocycles. The van der Waals surface area contributed by atoms with Crippen LogP contribution < -0.4 is 14.9 Å². The van der Waals surface area contributed by atoms with Gasteiger partial charge in [0.05, 0.1) is 29.1 Å². The van der Waals surface area contributed by atoms with Crippen molar-refractivity contribution in [2.45, 2.75) is 38.8 Å². The van der Waals surface area contributed by atoms with Gasteiger partial charge in [0, 0.05) is 55.3 Å². The highest BCUT2D eigenvalue weighted by atomic mass is 32.2. The van der Waals surface area contributed by atoms with Crippen molar-refractivity contribution in [2.75, 3.05) is 23.3 Å². The normalized spacial score (nSPS) is 17.6. The van der Waals surface area contributed by atoms with Crippen molar-refractivity contribution in [1.82, 2.24) is 24.0 Å². The fourth-order valence-electron chi connectivity index (χ4n) is 4.11. The Morgan fingerprint density at radius 2 is 2.00 bits per heavy atom. The predicted molar refractivity (Wildman–Crippen MR) is 126 cm³/mol. The van der Waals surface area contributed by atoms with Crippen molar-refractivity contribution in [1.29, 1.82) is 0 Å². The summed E-state index contributed by atoms with van der Waals surface area (Å²) in [7, 11) is 0. The van der Waals surface area contributed by atoms with Crippen molar-refractivity contribution in [3.63, 3.8) is 0 Å². The van der Waals surface area contributed by atoms with Crippen molar-refractivity contribution >= 4 is 23.8 Å². The molecule has 178 valence electrons. The Balaban J connectivity index is 1.46. The van der Waals surface area contributed by atoms with Crippen LogP contribution in [0.4, 0.5) is 24.8 Å². The van der Waals surface area contributed by atoms with Crippen molar-refractivity contribution in [3.05, 3.63) is 76.9 Å². The number of hydrogen-bond acceptors (Lipinski definition) is 8. The summed E-state index contributed by atoms with van der Waals surface area (Å²) >= 11 is 1.48. The lowest BCUT2D eigenvalue weighted by Crippen LogP contribution is -2.29. The highest BCUT2D eigenvalue weighted by molar-refractivity contribution is 7.95. The molecular formula is C23H24F3N7S. The second kappa shape index (κ2) is 8.86. The summed E-state index contributed by atoms with van der Waals surface area (Å²) in [6, 6.07) is 2.40. The van der Waals surface area contributed by atoms with Crippen LogP contribution in [-0.4, -0.2) is 32.3 Å². The van der Waals surface area contributed by atoms with Gasteiger partial charge in [0.1, 0.15) is 17.5 Å². The second-order valence-corrected chi connectivity index (χ2v) is 9.33. The molecule has 0 saturated carbocycles. The van der Waals surface area contributed by atoms with E-state index >= 15 is 0 Å². The lowest BCUT2D eigenvalue weighted by molar-refractivity contribution is -0.137. The minimum atomic E-state index is -4.46. The molecule has 5 rings (SSSR count). The average molecular weight is 488 g/mol. The quantitative estimate of drug-likeness (QED) is 0.599. The lowest BCUT2D eigenvalue weighted by Gasteiger charge is -2.24. The standard InChI is InChI=1S/C23H24F3N7S/c1-14(2)20-30-19-7-10-32(22-18(23(24,25)26)4-3-8-27-22)9-6-17(19)21(31-20)29-15-5-11-33-16(12-15)13-28-34-33/h3-5,8,11-14,28H,6-7,9-10H2,1-2H3,(H,29,30,31). The van der Waals surface area contributed by atoms with Crippen molar-refractivity contribution in [3.8, 4) is 0 Å². The Hall–Kier alpha value is -3.21. The third-order valence-electron chi connectivity index (χ3n) is 5.84. The van der Waals surface area contributed by atoms with Gasteiger partial charge in [0.25, 0.3) is 0 Å². The maximum Gasteiger partial charge on any atom is 0.419 e. The SMILES string of the molecule is CC(C)c1nc2c(c(NC3=CC4=CNSN4C=C3)n1)CCN(c1ncccc1C(F)(F)F)CC2. The molecule has 11 heteroatoms. The molecule has 0 unspecified atom stereocenters. The smallest absolute Gasteiger partial charge is 0.355 e. The van der Waals surface area contributed by atoms with Crippen molar-refractivity contribution < 1.29 is 13.2 Å². The molecule has 0 radical (unpaired) electrons. The van der Waals surface area contributed by atoms with E-state index in [2.05, 4.69) is 15.0 Å². The van der Waals surface area contributed by atoms with Gasteiger partial charge in [-0.25, -0.2) is 15.0 Å². The molecule has 3 aliphatic rings. The number of hydrogen-bond donors (Lipinski definition) is 2. The Kier molecular flexibility index (Phi) is 5.88. The number of nitrogens with one attached hydrogen (secondary N) is 2. The molecule has 0 fully saturated rings. The molecule has 34 heavy (non-hydrogen) atoms. The Morgan fingerprint density at radius 3 is 2.79 bits per heavy atom. The van der Waals surface area contributed by atoms with Gasteiger partial charge in [-0.05, 0) is 30.7 Å². The van der Waals surface area contributed by atoms with Gasteiger partial charge >= 0.3 is 6.18 Å². The van der Waals surface area contributed by atoms with Gasteiger partial charge in [-0.1, -0.05) is 13.8 Å². The number of aromatic nitrogens is 3. The molecule has 0 amide bonds. The number of fused-ring (bicyclic) bond motifs is 2. The summed E-state index contributed by atoms with van der Waals surface area (Å²) in [6.45, 7) is 4.85. The van der Waals surface area contributed by atoms with Crippen LogP contribution in [-0.2, 0) is 19.0 Å². The number of allylic oxidation sites excluding steroid dienone is 2. The van der Waals surface area contributed by atoms with E-state index in [4.69, 9.17) is 9.97 Å². The van der Waals surface area contributed by atoms with Gasteiger partial charge in [-0.3, -0.25) is 4.31 Å². The fourth-order valence-corrected chi connectivity index (χ4v) is 4.73. The Labute approximate surface area is 200 Å². The van der Waals surface area contributed by atoms with E-state index in [0.717, 1.165) is 28.7 Å². The van der Waals surface area contributed by atoms with Gasteiger partial charge < -0.3 is 14.9 Å². The predicted octanol–water partition coefficient (Wildman–Crippen LogP) is 4.75. The van der Waals surface area contributed by atoms with Gasteiger partial charge in [0.2, 0.25) is 0 Å². The molecule has 2 aromatic rings. The molecule has 2 N–H and O–H groups in total. The first-order chi connectivity index (χ1) is 16.3. The van der Waals surface area contributed by atoms with Crippen LogP contribution in [0.25, 0.3) is 0 Å². The summed E-state index contributed by atoms with van der Waals surface area (Å²) < 4.78 is 45.9. The second-order valence-electron chi connectivity index (χ2n) is 8.51.